The van der Waals surface area contributed by atoms with Crippen molar-refractivity contribution in [3.05, 3.63) is 52.6 Å². The monoisotopic (exact) mass is 336 g/mol. The molecule has 134 valence electrons. The molecule has 0 N–H and O–H groups in total. The van der Waals surface area contributed by atoms with E-state index in [1.165, 1.54) is 67.2 Å². The normalized spacial score (nSPS) is 24.8. The Kier molecular flexibility index (Phi) is 5.61. The van der Waals surface area contributed by atoms with Crippen molar-refractivity contribution in [2.75, 3.05) is 0 Å². The van der Waals surface area contributed by atoms with Gasteiger partial charge < -0.3 is 0 Å². The summed E-state index contributed by atoms with van der Waals surface area (Å²) in [6.07, 6.45) is 13.4. The SMILES string of the molecule is CCCCCCCCC1(C)C2=C(CC(C)C(C=O)=C2)c2ccccc21. The van der Waals surface area contributed by atoms with Crippen LogP contribution < -0.4 is 0 Å². The molecule has 0 bridgehead atoms. The Bertz CT molecular complexity index is 694. The van der Waals surface area contributed by atoms with Crippen molar-refractivity contribution in [3.8, 4) is 0 Å². The number of allylic oxidation sites excluding steroid dienone is 4. The van der Waals surface area contributed by atoms with Gasteiger partial charge in [0.1, 0.15) is 6.29 Å². The number of fused-ring (bicyclic) bond motifs is 2. The van der Waals surface area contributed by atoms with Crippen LogP contribution in [0.1, 0.15) is 83.3 Å². The quantitative estimate of drug-likeness (QED) is 0.385. The Labute approximate surface area is 153 Å². The predicted octanol–water partition coefficient (Wildman–Crippen LogP) is 6.63. The molecule has 0 amide bonds. The summed E-state index contributed by atoms with van der Waals surface area (Å²) in [5.74, 6) is 0.334. The van der Waals surface area contributed by atoms with Gasteiger partial charge in [-0.1, -0.05) is 89.6 Å². The van der Waals surface area contributed by atoms with E-state index in [9.17, 15) is 4.79 Å². The molecule has 1 heteroatoms. The maximum Gasteiger partial charge on any atom is 0.146 e. The lowest BCUT2D eigenvalue weighted by molar-refractivity contribution is -0.105. The van der Waals surface area contributed by atoms with Crippen molar-refractivity contribution in [2.45, 2.75) is 77.6 Å². The number of hydrogen-bond acceptors (Lipinski definition) is 1. The van der Waals surface area contributed by atoms with E-state index in [0.717, 1.165) is 18.3 Å². The molecular weight excluding hydrogens is 304 g/mol. The minimum atomic E-state index is 0.0745. The van der Waals surface area contributed by atoms with Crippen molar-refractivity contribution >= 4 is 11.9 Å². The van der Waals surface area contributed by atoms with Gasteiger partial charge in [-0.15, -0.1) is 0 Å². The predicted molar refractivity (Wildman–Crippen MR) is 107 cm³/mol. The van der Waals surface area contributed by atoms with Crippen LogP contribution in [0.3, 0.4) is 0 Å². The Morgan fingerprint density at radius 2 is 1.84 bits per heavy atom. The van der Waals surface area contributed by atoms with Crippen LogP contribution in [-0.2, 0) is 10.2 Å². The molecule has 0 fully saturated rings. The lowest BCUT2D eigenvalue weighted by Gasteiger charge is -2.31. The number of unbranched alkanes of at least 4 members (excludes halogenated alkanes) is 5. The molecule has 0 saturated carbocycles. The highest BCUT2D eigenvalue weighted by Crippen LogP contribution is 2.53. The molecule has 1 aromatic rings. The second kappa shape index (κ2) is 7.72. The topological polar surface area (TPSA) is 17.1 Å². The molecule has 0 spiro atoms. The Morgan fingerprint density at radius 3 is 2.60 bits per heavy atom. The molecule has 0 heterocycles. The number of benzene rings is 1. The number of hydrogen-bond donors (Lipinski definition) is 0. The fourth-order valence-corrected chi connectivity index (χ4v) is 4.73. The summed E-state index contributed by atoms with van der Waals surface area (Å²) in [5, 5.41) is 0. The summed E-state index contributed by atoms with van der Waals surface area (Å²) in [7, 11) is 0. The number of rotatable bonds is 8. The van der Waals surface area contributed by atoms with Crippen molar-refractivity contribution in [1.29, 1.82) is 0 Å². The van der Waals surface area contributed by atoms with Crippen LogP contribution in [0.5, 0.6) is 0 Å². The van der Waals surface area contributed by atoms with Gasteiger partial charge in [-0.25, -0.2) is 0 Å². The van der Waals surface area contributed by atoms with Gasteiger partial charge in [-0.05, 0) is 46.6 Å². The fraction of sp³-hybridized carbons (Fsp3) is 0.542. The standard InChI is InChI=1S/C24H32O/c1-4-5-6-7-8-11-14-24(3)22-13-10-9-12-20(22)21-15-18(2)19(17-25)16-23(21)24/h9-10,12-13,16-18H,4-8,11,14-15H2,1-3H3. The van der Waals surface area contributed by atoms with E-state index in [4.69, 9.17) is 0 Å². The average molecular weight is 337 g/mol. The molecule has 1 nitrogen and oxygen atoms in total. The minimum absolute atomic E-state index is 0.0745. The first-order valence-corrected chi connectivity index (χ1v) is 10.1. The van der Waals surface area contributed by atoms with Gasteiger partial charge in [-0.2, -0.15) is 0 Å². The molecule has 2 unspecified atom stereocenters. The number of carbonyl (C=O) groups excluding carboxylic acids is 1. The summed E-state index contributed by atoms with van der Waals surface area (Å²) in [6.45, 7) is 6.84. The second-order valence-corrected chi connectivity index (χ2v) is 8.16. The van der Waals surface area contributed by atoms with Crippen molar-refractivity contribution < 1.29 is 4.79 Å². The molecule has 2 atom stereocenters. The third-order valence-electron chi connectivity index (χ3n) is 6.32. The lowest BCUT2D eigenvalue weighted by Crippen LogP contribution is -2.23. The zero-order valence-corrected chi connectivity index (χ0v) is 16.1. The molecular formula is C24H32O. The van der Waals surface area contributed by atoms with Gasteiger partial charge in [0.2, 0.25) is 0 Å². The maximum absolute atomic E-state index is 11.5. The van der Waals surface area contributed by atoms with E-state index < -0.39 is 0 Å². The molecule has 3 rings (SSSR count). The van der Waals surface area contributed by atoms with Gasteiger partial charge in [0.25, 0.3) is 0 Å². The molecule has 25 heavy (non-hydrogen) atoms. The largest absolute Gasteiger partial charge is 0.298 e. The first kappa shape index (κ1) is 18.2. The van der Waals surface area contributed by atoms with Gasteiger partial charge in [0.15, 0.2) is 0 Å². The molecule has 2 aliphatic rings. The molecule has 1 aromatic carbocycles. The zero-order chi connectivity index (χ0) is 17.9. The van der Waals surface area contributed by atoms with Crippen molar-refractivity contribution in [2.24, 2.45) is 5.92 Å². The van der Waals surface area contributed by atoms with Crippen molar-refractivity contribution in [1.82, 2.24) is 0 Å². The molecule has 0 radical (unpaired) electrons. The minimum Gasteiger partial charge on any atom is -0.298 e. The van der Waals surface area contributed by atoms with Crippen molar-refractivity contribution in [3.63, 3.8) is 0 Å². The third-order valence-corrected chi connectivity index (χ3v) is 6.32. The van der Waals surface area contributed by atoms with E-state index in [0.29, 0.717) is 5.92 Å². The van der Waals surface area contributed by atoms with Gasteiger partial charge in [0.05, 0.1) is 0 Å². The Hall–Kier alpha value is -1.63. The first-order chi connectivity index (χ1) is 12.1. The summed E-state index contributed by atoms with van der Waals surface area (Å²) in [4.78, 5) is 11.5. The Balaban J connectivity index is 1.84. The summed E-state index contributed by atoms with van der Waals surface area (Å²) < 4.78 is 0. The maximum atomic E-state index is 11.5. The highest BCUT2D eigenvalue weighted by atomic mass is 16.1. The highest BCUT2D eigenvalue weighted by molar-refractivity contribution is 5.88. The fourth-order valence-electron chi connectivity index (χ4n) is 4.73. The molecule has 0 aliphatic heterocycles. The smallest absolute Gasteiger partial charge is 0.146 e. The van der Waals surface area contributed by atoms with Crippen LogP contribution in [0, 0.1) is 5.92 Å². The van der Waals surface area contributed by atoms with Gasteiger partial charge >= 0.3 is 0 Å². The summed E-state index contributed by atoms with van der Waals surface area (Å²) in [6, 6.07) is 8.92. The third kappa shape index (κ3) is 3.38. The first-order valence-electron chi connectivity index (χ1n) is 10.1. The zero-order valence-electron chi connectivity index (χ0n) is 16.1. The van der Waals surface area contributed by atoms with Gasteiger partial charge in [-0.3, -0.25) is 4.79 Å². The van der Waals surface area contributed by atoms with E-state index in [1.54, 1.807) is 0 Å². The highest BCUT2D eigenvalue weighted by Gasteiger charge is 2.41. The second-order valence-electron chi connectivity index (χ2n) is 8.16. The van der Waals surface area contributed by atoms with E-state index >= 15 is 0 Å². The van der Waals surface area contributed by atoms with Gasteiger partial charge in [0, 0.05) is 5.41 Å². The van der Waals surface area contributed by atoms with Crippen LogP contribution >= 0.6 is 0 Å². The van der Waals surface area contributed by atoms with E-state index in [1.807, 2.05) is 0 Å². The van der Waals surface area contributed by atoms with E-state index in [2.05, 4.69) is 51.1 Å². The molecule has 0 aromatic heterocycles. The van der Waals surface area contributed by atoms with Crippen LogP contribution in [0.2, 0.25) is 0 Å². The van der Waals surface area contributed by atoms with E-state index in [-0.39, 0.29) is 5.41 Å². The van der Waals surface area contributed by atoms with Crippen LogP contribution in [0.15, 0.2) is 41.5 Å². The number of carbonyl (C=O) groups is 1. The lowest BCUT2D eigenvalue weighted by atomic mass is 9.72. The van der Waals surface area contributed by atoms with Crippen LogP contribution in [0.25, 0.3) is 5.57 Å². The van der Waals surface area contributed by atoms with Crippen LogP contribution in [-0.4, -0.2) is 6.29 Å². The summed E-state index contributed by atoms with van der Waals surface area (Å²) in [5.41, 5.74) is 6.86. The molecule has 0 saturated heterocycles. The van der Waals surface area contributed by atoms with Crippen LogP contribution in [0.4, 0.5) is 0 Å². The summed E-state index contributed by atoms with van der Waals surface area (Å²) >= 11 is 0. The average Bonchev–Trinajstić information content (AvgIpc) is 2.86. The molecule has 2 aliphatic carbocycles. The Morgan fingerprint density at radius 1 is 1.12 bits per heavy atom. The number of aldehydes is 1.